The topological polar surface area (TPSA) is 48.4 Å². The molecule has 0 unspecified atom stereocenters. The van der Waals surface area contributed by atoms with Gasteiger partial charge >= 0.3 is 8.25 Å². The number of aromatic nitrogens is 1. The van der Waals surface area contributed by atoms with E-state index in [1.54, 1.807) is 0 Å². The van der Waals surface area contributed by atoms with E-state index in [-0.39, 0.29) is 0 Å². The zero-order valence-electron chi connectivity index (χ0n) is 9.21. The Bertz CT molecular complexity index is 390. The maximum Gasteiger partial charge on any atom is 0.318 e. The summed E-state index contributed by atoms with van der Waals surface area (Å²) in [4.78, 5) is 4.18. The molecule has 0 saturated heterocycles. The van der Waals surface area contributed by atoms with E-state index in [1.165, 1.54) is 19.6 Å². The van der Waals surface area contributed by atoms with E-state index < -0.39 is 8.25 Å². The summed E-state index contributed by atoms with van der Waals surface area (Å²) in [5, 5.41) is 1.20. The SMILES string of the molecule is CO[PH](=O)OC.c1ccc2ncccc2c1. The first kappa shape index (κ1) is 12.8. The Labute approximate surface area is 95.2 Å². The largest absolute Gasteiger partial charge is 0.318 e. The van der Waals surface area contributed by atoms with Crippen molar-refractivity contribution in [3.05, 3.63) is 42.6 Å². The molecule has 0 bridgehead atoms. The van der Waals surface area contributed by atoms with Crippen LogP contribution in [-0.2, 0) is 13.6 Å². The van der Waals surface area contributed by atoms with Crippen LogP contribution in [0.5, 0.6) is 0 Å². The molecule has 0 N–H and O–H groups in total. The fraction of sp³-hybridized carbons (Fsp3) is 0.182. The van der Waals surface area contributed by atoms with Crippen LogP contribution in [0.1, 0.15) is 0 Å². The molecule has 5 heteroatoms. The number of pyridine rings is 1. The van der Waals surface area contributed by atoms with Crippen LogP contribution in [0.25, 0.3) is 10.9 Å². The summed E-state index contributed by atoms with van der Waals surface area (Å²) in [5.41, 5.74) is 1.06. The number of fused-ring (bicyclic) bond motifs is 1. The number of rotatable bonds is 2. The third-order valence-corrected chi connectivity index (χ3v) is 2.51. The molecular formula is C11H14NO3P. The second-order valence-electron chi connectivity index (χ2n) is 2.85. The Kier molecular flexibility index (Phi) is 5.72. The first-order chi connectivity index (χ1) is 7.77. The predicted octanol–water partition coefficient (Wildman–Crippen LogP) is 2.90. The van der Waals surface area contributed by atoms with Gasteiger partial charge in [-0.2, -0.15) is 0 Å². The smallest absolute Gasteiger partial charge is 0.314 e. The Morgan fingerprint density at radius 1 is 1.06 bits per heavy atom. The molecule has 0 aliphatic rings. The molecule has 0 aliphatic carbocycles. The van der Waals surface area contributed by atoms with Crippen LogP contribution >= 0.6 is 8.25 Å². The number of hydrogen-bond acceptors (Lipinski definition) is 4. The summed E-state index contributed by atoms with van der Waals surface area (Å²) in [6.45, 7) is 0. The van der Waals surface area contributed by atoms with Crippen molar-refractivity contribution in [1.29, 1.82) is 0 Å². The Morgan fingerprint density at radius 3 is 2.25 bits per heavy atom. The molecule has 0 fully saturated rings. The highest BCUT2D eigenvalue weighted by Crippen LogP contribution is 2.18. The summed E-state index contributed by atoms with van der Waals surface area (Å²) in [6, 6.07) is 12.1. The van der Waals surface area contributed by atoms with E-state index >= 15 is 0 Å². The van der Waals surface area contributed by atoms with Crippen molar-refractivity contribution in [3.8, 4) is 0 Å². The minimum absolute atomic E-state index is 1.06. The molecule has 2 rings (SSSR count). The second-order valence-corrected chi connectivity index (χ2v) is 4.17. The van der Waals surface area contributed by atoms with Gasteiger partial charge in [0, 0.05) is 25.8 Å². The van der Waals surface area contributed by atoms with Crippen molar-refractivity contribution in [2.24, 2.45) is 0 Å². The number of benzene rings is 1. The zero-order valence-corrected chi connectivity index (χ0v) is 10.2. The van der Waals surface area contributed by atoms with Gasteiger partial charge in [0.05, 0.1) is 5.52 Å². The molecule has 0 amide bonds. The lowest BCUT2D eigenvalue weighted by Gasteiger charge is -1.91. The van der Waals surface area contributed by atoms with Crippen LogP contribution in [0.3, 0.4) is 0 Å². The van der Waals surface area contributed by atoms with Crippen LogP contribution in [0.4, 0.5) is 0 Å². The van der Waals surface area contributed by atoms with Crippen molar-refractivity contribution in [1.82, 2.24) is 4.98 Å². The quantitative estimate of drug-likeness (QED) is 0.756. The lowest BCUT2D eigenvalue weighted by Crippen LogP contribution is -1.73. The van der Waals surface area contributed by atoms with Gasteiger partial charge in [-0.3, -0.25) is 9.55 Å². The molecule has 2 aromatic rings. The molecule has 86 valence electrons. The molecule has 0 atom stereocenters. The Hall–Kier alpha value is -1.22. The van der Waals surface area contributed by atoms with E-state index in [0.29, 0.717) is 0 Å². The van der Waals surface area contributed by atoms with Crippen LogP contribution in [0, 0.1) is 0 Å². The van der Waals surface area contributed by atoms with Crippen molar-refractivity contribution >= 4 is 19.2 Å². The van der Waals surface area contributed by atoms with Gasteiger partial charge in [-0.1, -0.05) is 24.3 Å². The third kappa shape index (κ3) is 4.11. The minimum Gasteiger partial charge on any atom is -0.314 e. The van der Waals surface area contributed by atoms with Gasteiger partial charge in [0.15, 0.2) is 0 Å². The summed E-state index contributed by atoms with van der Waals surface area (Å²) < 4.78 is 18.4. The van der Waals surface area contributed by atoms with Crippen LogP contribution in [0.15, 0.2) is 42.6 Å². The van der Waals surface area contributed by atoms with Gasteiger partial charge in [-0.05, 0) is 12.1 Å². The molecule has 0 saturated carbocycles. The molecular weight excluding hydrogens is 225 g/mol. The summed E-state index contributed by atoms with van der Waals surface area (Å²) >= 11 is 0. The van der Waals surface area contributed by atoms with Crippen molar-refractivity contribution in [3.63, 3.8) is 0 Å². The molecule has 1 aromatic carbocycles. The van der Waals surface area contributed by atoms with Crippen LogP contribution < -0.4 is 0 Å². The average Bonchev–Trinajstić information content (AvgIpc) is 2.38. The first-order valence-corrected chi connectivity index (χ1v) is 5.92. The average molecular weight is 239 g/mol. The predicted molar refractivity (Wildman–Crippen MR) is 64.8 cm³/mol. The monoisotopic (exact) mass is 239 g/mol. The standard InChI is InChI=1S/C9H7N.C2H7O3P/c1-2-6-9-8(4-1)5-3-7-10-9;1-4-6(3)5-2/h1-7H;6H,1-2H3. The summed E-state index contributed by atoms with van der Waals surface area (Å²) in [5.74, 6) is 0. The molecule has 4 nitrogen and oxygen atoms in total. The van der Waals surface area contributed by atoms with Gasteiger partial charge in [0.25, 0.3) is 0 Å². The molecule has 0 aliphatic heterocycles. The van der Waals surface area contributed by atoms with Gasteiger partial charge in [0.1, 0.15) is 0 Å². The molecule has 0 radical (unpaired) electrons. The van der Waals surface area contributed by atoms with Crippen molar-refractivity contribution < 1.29 is 13.6 Å². The van der Waals surface area contributed by atoms with Crippen LogP contribution in [-0.4, -0.2) is 19.2 Å². The number of nitrogens with zero attached hydrogens (tertiary/aromatic N) is 1. The van der Waals surface area contributed by atoms with E-state index in [9.17, 15) is 4.57 Å². The highest BCUT2D eigenvalue weighted by atomic mass is 31.1. The Balaban J connectivity index is 0.000000187. The lowest BCUT2D eigenvalue weighted by atomic mass is 10.2. The fourth-order valence-corrected chi connectivity index (χ4v) is 1.27. The normalized spacial score (nSPS) is 9.94. The number of para-hydroxylation sites is 1. The van der Waals surface area contributed by atoms with Gasteiger partial charge in [-0.25, -0.2) is 0 Å². The molecule has 0 spiro atoms. The lowest BCUT2D eigenvalue weighted by molar-refractivity contribution is 0.302. The number of hydrogen-bond donors (Lipinski definition) is 0. The van der Waals surface area contributed by atoms with Crippen molar-refractivity contribution in [2.75, 3.05) is 14.2 Å². The van der Waals surface area contributed by atoms with Gasteiger partial charge in [-0.15, -0.1) is 0 Å². The highest BCUT2D eigenvalue weighted by molar-refractivity contribution is 7.33. The fourth-order valence-electron chi connectivity index (χ4n) is 1.10. The zero-order chi connectivity index (χ0) is 11.8. The summed E-state index contributed by atoms with van der Waals surface area (Å²) in [7, 11) is 0.558. The molecule has 1 heterocycles. The van der Waals surface area contributed by atoms with Crippen LogP contribution in [0.2, 0.25) is 0 Å². The van der Waals surface area contributed by atoms with E-state index in [0.717, 1.165) is 5.52 Å². The van der Waals surface area contributed by atoms with E-state index in [1.807, 2.05) is 30.5 Å². The van der Waals surface area contributed by atoms with Gasteiger partial charge < -0.3 is 9.05 Å². The molecule has 16 heavy (non-hydrogen) atoms. The van der Waals surface area contributed by atoms with Crippen molar-refractivity contribution in [2.45, 2.75) is 0 Å². The second kappa shape index (κ2) is 7.12. The van der Waals surface area contributed by atoms with E-state index in [4.69, 9.17) is 0 Å². The maximum absolute atomic E-state index is 9.92. The van der Waals surface area contributed by atoms with E-state index in [2.05, 4.69) is 26.2 Å². The third-order valence-electron chi connectivity index (χ3n) is 1.85. The maximum atomic E-state index is 9.92. The highest BCUT2D eigenvalue weighted by Gasteiger charge is 1.86. The summed E-state index contributed by atoms with van der Waals surface area (Å²) in [6.07, 6.45) is 1.81. The van der Waals surface area contributed by atoms with Gasteiger partial charge in [0.2, 0.25) is 0 Å². The Morgan fingerprint density at radius 2 is 1.69 bits per heavy atom. The minimum atomic E-state index is -2.12. The molecule has 1 aromatic heterocycles. The first-order valence-electron chi connectivity index (χ1n) is 4.69.